The molecule has 1 unspecified atom stereocenters. The second-order valence-corrected chi connectivity index (χ2v) is 5.29. The van der Waals surface area contributed by atoms with Crippen LogP contribution in [0.25, 0.3) is 0 Å². The summed E-state index contributed by atoms with van der Waals surface area (Å²) >= 11 is 0. The quantitative estimate of drug-likeness (QED) is 0.763. The molecule has 0 radical (unpaired) electrons. The van der Waals surface area contributed by atoms with Crippen molar-refractivity contribution >= 4 is 6.01 Å². The van der Waals surface area contributed by atoms with Crippen LogP contribution in [0.4, 0.5) is 6.01 Å². The molecule has 5 heteroatoms. The molecule has 0 aromatic carbocycles. The molecule has 1 aliphatic rings. The van der Waals surface area contributed by atoms with Gasteiger partial charge in [0.15, 0.2) is 0 Å². The number of nitrogens with zero attached hydrogens (tertiary/aromatic N) is 2. The fourth-order valence-electron chi connectivity index (χ4n) is 1.61. The van der Waals surface area contributed by atoms with Crippen molar-refractivity contribution in [1.29, 1.82) is 0 Å². The number of hydrogen-bond acceptors (Lipinski definition) is 5. The summed E-state index contributed by atoms with van der Waals surface area (Å²) in [5.41, 5.74) is 0.445. The fraction of sp³-hybridized carbons (Fsp3) is 0.833. The molecule has 1 heterocycles. The molecule has 1 aromatic rings. The van der Waals surface area contributed by atoms with E-state index in [9.17, 15) is 0 Å². The first kappa shape index (κ1) is 12.4. The standard InChI is InChI=1S/C12H22N4O/c1-4-7-13-9(2)10-15-16-11(17-10)14-8-12(3)5-6-12/h9,13H,4-8H2,1-3H3,(H,14,16). The van der Waals surface area contributed by atoms with Gasteiger partial charge in [0.25, 0.3) is 0 Å². The van der Waals surface area contributed by atoms with Gasteiger partial charge in [0.1, 0.15) is 0 Å². The summed E-state index contributed by atoms with van der Waals surface area (Å²) in [4.78, 5) is 0. The third kappa shape index (κ3) is 3.43. The van der Waals surface area contributed by atoms with Crippen molar-refractivity contribution in [1.82, 2.24) is 15.5 Å². The van der Waals surface area contributed by atoms with Gasteiger partial charge >= 0.3 is 6.01 Å². The van der Waals surface area contributed by atoms with Gasteiger partial charge in [-0.3, -0.25) is 0 Å². The van der Waals surface area contributed by atoms with Crippen LogP contribution in [-0.2, 0) is 0 Å². The summed E-state index contributed by atoms with van der Waals surface area (Å²) in [5, 5.41) is 14.6. The van der Waals surface area contributed by atoms with E-state index in [1.165, 1.54) is 12.8 Å². The van der Waals surface area contributed by atoms with Crippen LogP contribution in [0.2, 0.25) is 0 Å². The Kier molecular flexibility index (Phi) is 3.66. The number of hydrogen-bond donors (Lipinski definition) is 2. The van der Waals surface area contributed by atoms with Gasteiger partial charge in [-0.1, -0.05) is 18.9 Å². The third-order valence-corrected chi connectivity index (χ3v) is 3.28. The maximum Gasteiger partial charge on any atom is 0.315 e. The number of rotatable bonds is 7. The van der Waals surface area contributed by atoms with Crippen LogP contribution in [0, 0.1) is 5.41 Å². The van der Waals surface area contributed by atoms with Gasteiger partial charge in [0.05, 0.1) is 6.04 Å². The lowest BCUT2D eigenvalue weighted by molar-refractivity contribution is 0.421. The van der Waals surface area contributed by atoms with Crippen molar-refractivity contribution < 1.29 is 4.42 Å². The summed E-state index contributed by atoms with van der Waals surface area (Å²) in [7, 11) is 0. The Morgan fingerprint density at radius 3 is 2.82 bits per heavy atom. The molecule has 0 amide bonds. The maximum atomic E-state index is 5.57. The molecule has 1 fully saturated rings. The Labute approximate surface area is 102 Å². The normalized spacial score (nSPS) is 19.0. The van der Waals surface area contributed by atoms with E-state index < -0.39 is 0 Å². The average molecular weight is 238 g/mol. The lowest BCUT2D eigenvalue weighted by Gasteiger charge is -2.08. The second kappa shape index (κ2) is 5.04. The van der Waals surface area contributed by atoms with Crippen molar-refractivity contribution in [3.63, 3.8) is 0 Å². The van der Waals surface area contributed by atoms with Crippen LogP contribution in [0.3, 0.4) is 0 Å². The van der Waals surface area contributed by atoms with Gasteiger partial charge in [-0.15, -0.1) is 5.10 Å². The van der Waals surface area contributed by atoms with Gasteiger partial charge in [-0.25, -0.2) is 0 Å². The zero-order chi connectivity index (χ0) is 12.3. The molecule has 2 N–H and O–H groups in total. The minimum absolute atomic E-state index is 0.120. The summed E-state index contributed by atoms with van der Waals surface area (Å²) in [6.07, 6.45) is 3.67. The third-order valence-electron chi connectivity index (χ3n) is 3.28. The molecule has 5 nitrogen and oxygen atoms in total. The van der Waals surface area contributed by atoms with Crippen molar-refractivity contribution in [3.8, 4) is 0 Å². The molecule has 0 bridgehead atoms. The fourth-order valence-corrected chi connectivity index (χ4v) is 1.61. The molecular formula is C12H22N4O. The monoisotopic (exact) mass is 238 g/mol. The Balaban J connectivity index is 1.82. The highest BCUT2D eigenvalue weighted by Gasteiger charge is 2.37. The van der Waals surface area contributed by atoms with Crippen LogP contribution < -0.4 is 10.6 Å². The Hall–Kier alpha value is -1.10. The summed E-state index contributed by atoms with van der Waals surface area (Å²) in [6, 6.07) is 0.660. The molecule has 17 heavy (non-hydrogen) atoms. The van der Waals surface area contributed by atoms with E-state index >= 15 is 0 Å². The Bertz CT molecular complexity index is 359. The topological polar surface area (TPSA) is 63.0 Å². The number of anilines is 1. The minimum Gasteiger partial charge on any atom is -0.406 e. The minimum atomic E-state index is 0.120. The predicted molar refractivity (Wildman–Crippen MR) is 66.8 cm³/mol. The summed E-state index contributed by atoms with van der Waals surface area (Å²) in [6.45, 7) is 8.32. The van der Waals surface area contributed by atoms with E-state index in [0.717, 1.165) is 19.5 Å². The molecule has 0 aliphatic heterocycles. The Morgan fingerprint density at radius 1 is 1.41 bits per heavy atom. The molecule has 1 aromatic heterocycles. The predicted octanol–water partition coefficient (Wildman–Crippen LogP) is 2.34. The van der Waals surface area contributed by atoms with Crippen molar-refractivity contribution in [2.75, 3.05) is 18.4 Å². The Morgan fingerprint density at radius 2 is 2.18 bits per heavy atom. The highest BCUT2D eigenvalue weighted by molar-refractivity contribution is 5.19. The van der Waals surface area contributed by atoms with E-state index in [1.54, 1.807) is 0 Å². The zero-order valence-electron chi connectivity index (χ0n) is 10.9. The highest BCUT2D eigenvalue weighted by Crippen LogP contribution is 2.44. The highest BCUT2D eigenvalue weighted by atomic mass is 16.4. The SMILES string of the molecule is CCCNC(C)c1nnc(NCC2(C)CC2)o1. The van der Waals surface area contributed by atoms with Crippen LogP contribution in [0.1, 0.15) is 52.0 Å². The van der Waals surface area contributed by atoms with Gasteiger partial charge in [-0.2, -0.15) is 0 Å². The van der Waals surface area contributed by atoms with Crippen LogP contribution >= 0.6 is 0 Å². The molecule has 0 saturated heterocycles. The van der Waals surface area contributed by atoms with Gasteiger partial charge < -0.3 is 15.1 Å². The lowest BCUT2D eigenvalue weighted by Crippen LogP contribution is -2.19. The molecule has 0 spiro atoms. The van der Waals surface area contributed by atoms with E-state index in [0.29, 0.717) is 17.3 Å². The number of nitrogens with one attached hydrogen (secondary N) is 2. The molecule has 1 aliphatic carbocycles. The first-order valence-corrected chi connectivity index (χ1v) is 6.44. The van der Waals surface area contributed by atoms with Crippen LogP contribution in [0.15, 0.2) is 4.42 Å². The molecular weight excluding hydrogens is 216 g/mol. The second-order valence-electron chi connectivity index (χ2n) is 5.29. The molecule has 2 rings (SSSR count). The van der Waals surface area contributed by atoms with Crippen molar-refractivity contribution in [3.05, 3.63) is 5.89 Å². The van der Waals surface area contributed by atoms with Crippen molar-refractivity contribution in [2.45, 2.75) is 46.1 Å². The first-order chi connectivity index (χ1) is 8.13. The van der Waals surface area contributed by atoms with Crippen LogP contribution in [-0.4, -0.2) is 23.3 Å². The average Bonchev–Trinajstić information content (AvgIpc) is 2.88. The van der Waals surface area contributed by atoms with E-state index in [2.05, 4.69) is 34.7 Å². The molecule has 1 saturated carbocycles. The number of aromatic nitrogens is 2. The van der Waals surface area contributed by atoms with Gasteiger partial charge in [0, 0.05) is 6.54 Å². The summed E-state index contributed by atoms with van der Waals surface area (Å²) < 4.78 is 5.57. The van der Waals surface area contributed by atoms with E-state index in [4.69, 9.17) is 4.42 Å². The van der Waals surface area contributed by atoms with Gasteiger partial charge in [0.2, 0.25) is 5.89 Å². The van der Waals surface area contributed by atoms with Gasteiger partial charge in [-0.05, 0) is 38.1 Å². The zero-order valence-corrected chi connectivity index (χ0v) is 10.9. The molecule has 1 atom stereocenters. The van der Waals surface area contributed by atoms with Crippen molar-refractivity contribution in [2.24, 2.45) is 5.41 Å². The van der Waals surface area contributed by atoms with E-state index in [-0.39, 0.29) is 6.04 Å². The lowest BCUT2D eigenvalue weighted by atomic mass is 10.1. The largest absolute Gasteiger partial charge is 0.406 e. The van der Waals surface area contributed by atoms with E-state index in [1.807, 2.05) is 6.92 Å². The maximum absolute atomic E-state index is 5.57. The smallest absolute Gasteiger partial charge is 0.315 e. The first-order valence-electron chi connectivity index (χ1n) is 6.44. The molecule has 96 valence electrons. The van der Waals surface area contributed by atoms with Crippen LogP contribution in [0.5, 0.6) is 0 Å². The summed E-state index contributed by atoms with van der Waals surface area (Å²) in [5.74, 6) is 0.655.